The molecule has 1 amide bonds. The number of nitrogens with zero attached hydrogens (tertiary/aromatic N) is 8. The number of carbonyl (C=O) groups excluding carboxylic acids is 1. The predicted octanol–water partition coefficient (Wildman–Crippen LogP) is 2.17. The maximum atomic E-state index is 12.5. The lowest BCUT2D eigenvalue weighted by molar-refractivity contribution is -0.143. The van der Waals surface area contributed by atoms with E-state index >= 15 is 0 Å². The largest absolute Gasteiger partial charge is 0.375 e. The molecule has 11 heteroatoms. The molecule has 0 aromatic carbocycles. The second-order valence-corrected chi connectivity index (χ2v) is 8.40. The van der Waals surface area contributed by atoms with Gasteiger partial charge >= 0.3 is 0 Å². The molecule has 6 heterocycles. The van der Waals surface area contributed by atoms with E-state index in [9.17, 15) is 9.90 Å². The number of aliphatic hydroxyl groups is 1. The summed E-state index contributed by atoms with van der Waals surface area (Å²) in [5.74, 6) is 0.655. The molecule has 0 bridgehead atoms. The molecular weight excluding hydrogens is 446 g/mol. The third-order valence-electron chi connectivity index (χ3n) is 6.16. The number of likely N-dealkylation sites (N-methyl/N-ethyl adjacent to an activating group) is 1. The number of likely N-dealkylation sites (tertiary alicyclic amines) is 1. The molecule has 0 spiro atoms. The van der Waals surface area contributed by atoms with Gasteiger partial charge in [0.2, 0.25) is 5.95 Å². The van der Waals surface area contributed by atoms with E-state index < -0.39 is 5.60 Å². The van der Waals surface area contributed by atoms with Gasteiger partial charge in [-0.15, -0.1) is 0 Å². The van der Waals surface area contributed by atoms with Gasteiger partial charge in [-0.3, -0.25) is 9.78 Å². The van der Waals surface area contributed by atoms with Crippen molar-refractivity contribution >= 4 is 23.1 Å². The average Bonchev–Trinajstić information content (AvgIpc) is 3.61. The van der Waals surface area contributed by atoms with Gasteiger partial charge in [-0.25, -0.2) is 14.2 Å². The SMILES string of the molecule is CN1CC[C@@](O)(c2cncc(-c3ccn(-c4ccnc(Nc5cnn6ccccc56)n4)n3)c2)C1=O. The smallest absolute Gasteiger partial charge is 0.259 e. The molecule has 5 aromatic heterocycles. The number of hydrogen-bond acceptors (Lipinski definition) is 8. The average molecular weight is 467 g/mol. The molecule has 1 saturated heterocycles. The first-order valence-corrected chi connectivity index (χ1v) is 11.0. The number of pyridine rings is 2. The van der Waals surface area contributed by atoms with E-state index in [-0.39, 0.29) is 5.91 Å². The molecular formula is C24H21N9O2. The lowest BCUT2D eigenvalue weighted by Crippen LogP contribution is -2.36. The number of amides is 1. The van der Waals surface area contributed by atoms with Gasteiger partial charge in [-0.1, -0.05) is 6.07 Å². The van der Waals surface area contributed by atoms with Gasteiger partial charge in [0, 0.05) is 68.2 Å². The van der Waals surface area contributed by atoms with Crippen molar-refractivity contribution in [2.75, 3.05) is 18.9 Å². The van der Waals surface area contributed by atoms with Gasteiger partial charge in [0.1, 0.15) is 0 Å². The second kappa shape index (κ2) is 7.99. The van der Waals surface area contributed by atoms with Crippen molar-refractivity contribution in [3.05, 3.63) is 79.1 Å². The minimum absolute atomic E-state index is 0.325. The highest BCUT2D eigenvalue weighted by atomic mass is 16.3. The Bertz CT molecular complexity index is 1560. The first kappa shape index (κ1) is 20.9. The molecule has 0 aliphatic carbocycles. The fraction of sp³-hybridized carbons (Fsp3) is 0.167. The molecule has 1 atom stereocenters. The van der Waals surface area contributed by atoms with Gasteiger partial charge < -0.3 is 15.3 Å². The second-order valence-electron chi connectivity index (χ2n) is 8.40. The van der Waals surface area contributed by atoms with Gasteiger partial charge in [0.05, 0.1) is 23.1 Å². The third-order valence-corrected chi connectivity index (χ3v) is 6.16. The maximum absolute atomic E-state index is 12.5. The summed E-state index contributed by atoms with van der Waals surface area (Å²) in [7, 11) is 1.68. The Morgan fingerprint density at radius 3 is 2.89 bits per heavy atom. The number of aromatic nitrogens is 7. The van der Waals surface area contributed by atoms with Crippen molar-refractivity contribution in [3.8, 4) is 17.1 Å². The van der Waals surface area contributed by atoms with E-state index in [0.717, 1.165) is 11.2 Å². The first-order valence-electron chi connectivity index (χ1n) is 11.0. The maximum Gasteiger partial charge on any atom is 0.259 e. The molecule has 1 aliphatic heterocycles. The van der Waals surface area contributed by atoms with Crippen LogP contribution in [0.25, 0.3) is 22.6 Å². The minimum atomic E-state index is -1.56. The molecule has 0 radical (unpaired) electrons. The van der Waals surface area contributed by atoms with E-state index in [1.54, 1.807) is 53.2 Å². The highest BCUT2D eigenvalue weighted by Gasteiger charge is 2.45. The Morgan fingerprint density at radius 1 is 1.11 bits per heavy atom. The number of rotatable bonds is 5. The molecule has 0 unspecified atom stereocenters. The molecule has 11 nitrogen and oxygen atoms in total. The van der Waals surface area contributed by atoms with Crippen LogP contribution in [0, 0.1) is 0 Å². The number of hydrogen-bond donors (Lipinski definition) is 2. The number of nitrogens with one attached hydrogen (secondary N) is 1. The standard InChI is InChI=1S/C24H21N9O2/c1-31-11-7-24(35,22(31)34)17-12-16(13-25-14-17)18-6-10-33(30-18)21-5-8-26-23(29-21)28-19-15-27-32-9-3-2-4-20(19)32/h2-6,8-10,12-15,35H,7,11H2,1H3,(H,26,28,29)/t24-/m1/s1. The summed E-state index contributed by atoms with van der Waals surface area (Å²) in [6.07, 6.45) is 10.5. The fourth-order valence-corrected chi connectivity index (χ4v) is 4.22. The van der Waals surface area contributed by atoms with Crippen LogP contribution in [0.3, 0.4) is 0 Å². The molecule has 5 aromatic rings. The Labute approximate surface area is 199 Å². The van der Waals surface area contributed by atoms with Crippen molar-refractivity contribution in [2.24, 2.45) is 0 Å². The Hall–Kier alpha value is -4.64. The van der Waals surface area contributed by atoms with Crippen LogP contribution >= 0.6 is 0 Å². The quantitative estimate of drug-likeness (QED) is 0.403. The van der Waals surface area contributed by atoms with Gasteiger partial charge in [0.15, 0.2) is 11.4 Å². The Balaban J connectivity index is 1.27. The van der Waals surface area contributed by atoms with E-state index in [4.69, 9.17) is 0 Å². The van der Waals surface area contributed by atoms with Gasteiger partial charge in [-0.2, -0.15) is 15.2 Å². The van der Waals surface area contributed by atoms with Crippen LogP contribution in [0.4, 0.5) is 11.6 Å². The van der Waals surface area contributed by atoms with Crippen LogP contribution in [0.15, 0.2) is 73.6 Å². The molecule has 1 fully saturated rings. The zero-order chi connectivity index (χ0) is 24.0. The normalized spacial score (nSPS) is 17.9. The lowest BCUT2D eigenvalue weighted by atomic mass is 9.92. The monoisotopic (exact) mass is 467 g/mol. The summed E-state index contributed by atoms with van der Waals surface area (Å²) in [5, 5.41) is 23.1. The zero-order valence-electron chi connectivity index (χ0n) is 18.8. The summed E-state index contributed by atoms with van der Waals surface area (Å²) in [5.41, 5.74) is 1.92. The Kier molecular flexibility index (Phi) is 4.78. The van der Waals surface area contributed by atoms with Crippen LogP contribution in [-0.4, -0.2) is 63.9 Å². The molecule has 0 saturated carbocycles. The van der Waals surface area contributed by atoms with Crippen molar-refractivity contribution in [2.45, 2.75) is 12.0 Å². The zero-order valence-corrected chi connectivity index (χ0v) is 18.8. The number of anilines is 2. The molecule has 1 aliphatic rings. The minimum Gasteiger partial charge on any atom is -0.375 e. The van der Waals surface area contributed by atoms with Crippen molar-refractivity contribution in [1.29, 1.82) is 0 Å². The lowest BCUT2D eigenvalue weighted by Gasteiger charge is -2.21. The first-order chi connectivity index (χ1) is 17.0. The summed E-state index contributed by atoms with van der Waals surface area (Å²) in [4.78, 5) is 27.1. The number of carbonyl (C=O) groups is 1. The summed E-state index contributed by atoms with van der Waals surface area (Å²) < 4.78 is 3.40. The van der Waals surface area contributed by atoms with Gasteiger partial charge in [0.25, 0.3) is 5.91 Å². The molecule has 174 valence electrons. The van der Waals surface area contributed by atoms with Crippen LogP contribution < -0.4 is 5.32 Å². The highest BCUT2D eigenvalue weighted by molar-refractivity contribution is 5.88. The molecule has 6 rings (SSSR count). The van der Waals surface area contributed by atoms with Crippen LogP contribution in [0.2, 0.25) is 0 Å². The van der Waals surface area contributed by atoms with E-state index in [2.05, 4.69) is 30.5 Å². The van der Waals surface area contributed by atoms with E-state index in [1.807, 2.05) is 30.5 Å². The Morgan fingerprint density at radius 2 is 2.03 bits per heavy atom. The van der Waals surface area contributed by atoms with Crippen molar-refractivity contribution in [3.63, 3.8) is 0 Å². The van der Waals surface area contributed by atoms with Crippen LogP contribution in [0.5, 0.6) is 0 Å². The highest BCUT2D eigenvalue weighted by Crippen LogP contribution is 2.34. The van der Waals surface area contributed by atoms with Gasteiger partial charge in [-0.05, 0) is 24.3 Å². The fourth-order valence-electron chi connectivity index (χ4n) is 4.22. The summed E-state index contributed by atoms with van der Waals surface area (Å²) >= 11 is 0. The van der Waals surface area contributed by atoms with Crippen LogP contribution in [0.1, 0.15) is 12.0 Å². The molecule has 35 heavy (non-hydrogen) atoms. The third kappa shape index (κ3) is 3.58. The summed E-state index contributed by atoms with van der Waals surface area (Å²) in [6, 6.07) is 11.1. The van der Waals surface area contributed by atoms with E-state index in [1.165, 1.54) is 11.1 Å². The number of fused-ring (bicyclic) bond motifs is 1. The van der Waals surface area contributed by atoms with E-state index in [0.29, 0.717) is 41.6 Å². The van der Waals surface area contributed by atoms with Crippen molar-refractivity contribution < 1.29 is 9.90 Å². The molecule has 2 N–H and O–H groups in total. The topological polar surface area (TPSA) is 126 Å². The summed E-state index contributed by atoms with van der Waals surface area (Å²) in [6.45, 7) is 0.494. The van der Waals surface area contributed by atoms with Crippen molar-refractivity contribution in [1.82, 2.24) is 39.2 Å². The van der Waals surface area contributed by atoms with Crippen LogP contribution in [-0.2, 0) is 10.4 Å². The predicted molar refractivity (Wildman–Crippen MR) is 127 cm³/mol.